The summed E-state index contributed by atoms with van der Waals surface area (Å²) in [6.45, 7) is 0. The summed E-state index contributed by atoms with van der Waals surface area (Å²) >= 11 is 2.14. The number of benzene rings is 2. The van der Waals surface area contributed by atoms with Crippen molar-refractivity contribution in [1.29, 1.82) is 0 Å². The quantitative estimate of drug-likeness (QED) is 0.425. The first-order valence-electron chi connectivity index (χ1n) is 6.26. The van der Waals surface area contributed by atoms with E-state index in [9.17, 15) is 18.0 Å². The van der Waals surface area contributed by atoms with Gasteiger partial charge < -0.3 is 5.32 Å². The first-order valence-corrected chi connectivity index (χ1v) is 7.34. The summed E-state index contributed by atoms with van der Waals surface area (Å²) in [4.78, 5) is 11.9. The van der Waals surface area contributed by atoms with E-state index in [2.05, 4.69) is 27.9 Å². The largest absolute Gasteiger partial charge is 0.416 e. The monoisotopic (exact) mass is 417 g/mol. The zero-order valence-corrected chi connectivity index (χ0v) is 13.4. The van der Waals surface area contributed by atoms with Crippen LogP contribution in [0.1, 0.15) is 15.9 Å². The molecular formula is C16H11F3INO. The molecule has 114 valence electrons. The summed E-state index contributed by atoms with van der Waals surface area (Å²) in [5.41, 5.74) is 0.308. The van der Waals surface area contributed by atoms with E-state index >= 15 is 0 Å². The van der Waals surface area contributed by atoms with Crippen molar-refractivity contribution >= 4 is 34.1 Å². The Morgan fingerprint density at radius 2 is 1.59 bits per heavy atom. The lowest BCUT2D eigenvalue weighted by atomic mass is 10.1. The summed E-state index contributed by atoms with van der Waals surface area (Å²) in [6, 6.07) is 11.7. The fraction of sp³-hybridized carbons (Fsp3) is 0.0625. The van der Waals surface area contributed by atoms with E-state index < -0.39 is 11.7 Å². The third kappa shape index (κ3) is 4.59. The van der Waals surface area contributed by atoms with Crippen molar-refractivity contribution in [2.45, 2.75) is 6.18 Å². The summed E-state index contributed by atoms with van der Waals surface area (Å²) < 4.78 is 38.3. The van der Waals surface area contributed by atoms with Gasteiger partial charge in [-0.2, -0.15) is 13.2 Å². The molecule has 0 heterocycles. The molecule has 2 aromatic rings. The molecule has 0 saturated carbocycles. The molecule has 0 radical (unpaired) electrons. The molecule has 0 aliphatic rings. The van der Waals surface area contributed by atoms with Gasteiger partial charge in [0.25, 0.3) is 0 Å². The molecule has 6 heteroatoms. The molecule has 0 unspecified atom stereocenters. The van der Waals surface area contributed by atoms with Crippen LogP contribution in [0.5, 0.6) is 0 Å². The van der Waals surface area contributed by atoms with E-state index in [0.29, 0.717) is 11.3 Å². The van der Waals surface area contributed by atoms with Crippen LogP contribution in [0, 0.1) is 3.57 Å². The Morgan fingerprint density at radius 1 is 1.00 bits per heavy atom. The van der Waals surface area contributed by atoms with Gasteiger partial charge in [-0.25, -0.2) is 0 Å². The lowest BCUT2D eigenvalue weighted by molar-refractivity contribution is -0.137. The van der Waals surface area contributed by atoms with E-state index in [-0.39, 0.29) is 5.78 Å². The number of alkyl halides is 3. The van der Waals surface area contributed by atoms with Crippen LogP contribution in [0.2, 0.25) is 0 Å². The van der Waals surface area contributed by atoms with Crippen molar-refractivity contribution in [3.8, 4) is 0 Å². The molecule has 0 aliphatic carbocycles. The third-order valence-electron chi connectivity index (χ3n) is 2.83. The van der Waals surface area contributed by atoms with Gasteiger partial charge in [0.1, 0.15) is 0 Å². The van der Waals surface area contributed by atoms with Crippen molar-refractivity contribution in [3.05, 3.63) is 75.5 Å². The lowest BCUT2D eigenvalue weighted by Crippen LogP contribution is -2.04. The summed E-state index contributed by atoms with van der Waals surface area (Å²) in [7, 11) is 0. The lowest BCUT2D eigenvalue weighted by Gasteiger charge is -2.07. The van der Waals surface area contributed by atoms with E-state index in [1.54, 1.807) is 12.1 Å². The van der Waals surface area contributed by atoms with E-state index in [1.807, 2.05) is 12.1 Å². The van der Waals surface area contributed by atoms with Crippen LogP contribution in [-0.2, 0) is 6.18 Å². The number of halogens is 4. The molecular weight excluding hydrogens is 406 g/mol. The maximum Gasteiger partial charge on any atom is 0.416 e. The van der Waals surface area contributed by atoms with Crippen LogP contribution >= 0.6 is 22.6 Å². The molecule has 0 amide bonds. The molecule has 0 atom stereocenters. The second-order valence-corrected chi connectivity index (χ2v) is 5.67. The average Bonchev–Trinajstić information content (AvgIpc) is 2.47. The molecule has 0 bridgehead atoms. The Morgan fingerprint density at radius 3 is 2.14 bits per heavy atom. The van der Waals surface area contributed by atoms with Crippen molar-refractivity contribution < 1.29 is 18.0 Å². The average molecular weight is 417 g/mol. The standard InChI is InChI=1S/C16H11F3INO/c17-16(18,19)12-3-7-14(8-4-12)21-10-9-15(22)11-1-5-13(20)6-2-11/h1-10,21H/b10-9-. The normalized spacial score (nSPS) is 11.6. The number of hydrogen-bond donors (Lipinski definition) is 1. The minimum Gasteiger partial charge on any atom is -0.362 e. The third-order valence-corrected chi connectivity index (χ3v) is 3.54. The summed E-state index contributed by atoms with van der Waals surface area (Å²) in [6.07, 6.45) is -1.61. The zero-order valence-electron chi connectivity index (χ0n) is 11.2. The molecule has 2 rings (SSSR count). The number of carbonyl (C=O) groups is 1. The highest BCUT2D eigenvalue weighted by atomic mass is 127. The summed E-state index contributed by atoms with van der Waals surface area (Å²) in [5.74, 6) is -0.184. The Bertz CT molecular complexity index is 676. The number of hydrogen-bond acceptors (Lipinski definition) is 2. The van der Waals surface area contributed by atoms with E-state index in [4.69, 9.17) is 0 Å². The molecule has 0 aliphatic heterocycles. The number of anilines is 1. The van der Waals surface area contributed by atoms with Crippen molar-refractivity contribution in [3.63, 3.8) is 0 Å². The fourth-order valence-electron chi connectivity index (χ4n) is 1.68. The van der Waals surface area contributed by atoms with Gasteiger partial charge >= 0.3 is 6.18 Å². The second kappa shape index (κ2) is 6.95. The SMILES string of the molecule is O=C(/C=C\Nc1ccc(C(F)(F)F)cc1)c1ccc(I)cc1. The Kier molecular flexibility index (Phi) is 5.23. The van der Waals surface area contributed by atoms with Gasteiger partial charge in [-0.3, -0.25) is 4.79 Å². The molecule has 22 heavy (non-hydrogen) atoms. The van der Waals surface area contributed by atoms with Crippen LogP contribution < -0.4 is 5.32 Å². The van der Waals surface area contributed by atoms with Gasteiger partial charge in [0, 0.05) is 27.1 Å². The van der Waals surface area contributed by atoms with Crippen LogP contribution in [0.25, 0.3) is 0 Å². The maximum absolute atomic E-state index is 12.4. The van der Waals surface area contributed by atoms with Gasteiger partial charge in [0.05, 0.1) is 5.56 Å². The predicted octanol–water partition coefficient (Wildman–Crippen LogP) is 5.12. The van der Waals surface area contributed by atoms with Crippen molar-refractivity contribution in [1.82, 2.24) is 0 Å². The summed E-state index contributed by atoms with van der Waals surface area (Å²) in [5, 5.41) is 2.77. The van der Waals surface area contributed by atoms with Crippen LogP contribution in [-0.4, -0.2) is 5.78 Å². The Labute approximate surface area is 139 Å². The van der Waals surface area contributed by atoms with Gasteiger partial charge in [-0.15, -0.1) is 0 Å². The van der Waals surface area contributed by atoms with Gasteiger partial charge in [0.15, 0.2) is 5.78 Å². The second-order valence-electron chi connectivity index (χ2n) is 4.42. The van der Waals surface area contributed by atoms with E-state index in [1.165, 1.54) is 24.4 Å². The van der Waals surface area contributed by atoms with Crippen molar-refractivity contribution in [2.75, 3.05) is 5.32 Å². The number of nitrogens with one attached hydrogen (secondary N) is 1. The van der Waals surface area contributed by atoms with Crippen LogP contribution in [0.15, 0.2) is 60.8 Å². The first kappa shape index (κ1) is 16.5. The zero-order chi connectivity index (χ0) is 16.2. The Balaban J connectivity index is 1.97. The molecule has 0 saturated heterocycles. The molecule has 0 spiro atoms. The van der Waals surface area contributed by atoms with Gasteiger partial charge in [0.2, 0.25) is 0 Å². The topological polar surface area (TPSA) is 29.1 Å². The van der Waals surface area contributed by atoms with E-state index in [0.717, 1.165) is 15.7 Å². The first-order chi connectivity index (χ1) is 10.4. The minimum atomic E-state index is -4.35. The van der Waals surface area contributed by atoms with Crippen LogP contribution in [0.3, 0.4) is 0 Å². The molecule has 2 aromatic carbocycles. The molecule has 0 aromatic heterocycles. The molecule has 2 nitrogen and oxygen atoms in total. The number of carbonyl (C=O) groups excluding carboxylic acids is 1. The Hall–Kier alpha value is -1.83. The fourth-order valence-corrected chi connectivity index (χ4v) is 2.04. The highest BCUT2D eigenvalue weighted by Gasteiger charge is 2.29. The number of ketones is 1. The predicted molar refractivity (Wildman–Crippen MR) is 87.7 cm³/mol. The highest BCUT2D eigenvalue weighted by molar-refractivity contribution is 14.1. The van der Waals surface area contributed by atoms with Gasteiger partial charge in [-0.05, 0) is 59.0 Å². The molecule has 0 fully saturated rings. The minimum absolute atomic E-state index is 0.184. The maximum atomic E-state index is 12.4. The van der Waals surface area contributed by atoms with Crippen molar-refractivity contribution in [2.24, 2.45) is 0 Å². The molecule has 1 N–H and O–H groups in total. The highest BCUT2D eigenvalue weighted by Crippen LogP contribution is 2.29. The smallest absolute Gasteiger partial charge is 0.362 e. The van der Waals surface area contributed by atoms with Crippen LogP contribution in [0.4, 0.5) is 18.9 Å². The number of rotatable bonds is 4. The number of allylic oxidation sites excluding steroid dienone is 1. The van der Waals surface area contributed by atoms with Gasteiger partial charge in [-0.1, -0.05) is 12.1 Å².